The lowest BCUT2D eigenvalue weighted by molar-refractivity contribution is -0.193. The van der Waals surface area contributed by atoms with Gasteiger partial charge in [-0.15, -0.1) is 0 Å². The zero-order valence-corrected chi connectivity index (χ0v) is 22.9. The molecule has 242 valence electrons. The maximum atomic E-state index is 14.3. The SMILES string of the molecule is C[C@H]1CN(c2ccncc2Nc2ncc3ccc(-c4c(F)cccc4F)nn23)CCN1.O=C(O)C(F)(F)F.O=C(O)C(F)(F)F. The molecule has 5 rings (SSSR count). The smallest absolute Gasteiger partial charge is 0.475 e. The zero-order chi connectivity index (χ0) is 33.5. The van der Waals surface area contributed by atoms with Crippen LogP contribution in [0.5, 0.6) is 0 Å². The number of carboxylic acid groups (broad SMARTS) is 2. The third kappa shape index (κ3) is 9.21. The number of piperazine rings is 1. The largest absolute Gasteiger partial charge is 0.490 e. The molecule has 45 heavy (non-hydrogen) atoms. The minimum atomic E-state index is -5.08. The highest BCUT2D eigenvalue weighted by molar-refractivity contribution is 5.74. The van der Waals surface area contributed by atoms with Crippen molar-refractivity contribution in [1.29, 1.82) is 0 Å². The summed E-state index contributed by atoms with van der Waals surface area (Å²) >= 11 is 0. The predicted molar refractivity (Wildman–Crippen MR) is 143 cm³/mol. The number of alkyl halides is 6. The van der Waals surface area contributed by atoms with Crippen molar-refractivity contribution in [3.8, 4) is 11.3 Å². The van der Waals surface area contributed by atoms with Crippen molar-refractivity contribution in [2.75, 3.05) is 29.9 Å². The molecule has 0 spiro atoms. The van der Waals surface area contributed by atoms with Crippen molar-refractivity contribution in [3.63, 3.8) is 0 Å². The topological polar surface area (TPSA) is 145 Å². The van der Waals surface area contributed by atoms with E-state index in [1.54, 1.807) is 35.2 Å². The Balaban J connectivity index is 0.000000331. The number of imidazole rings is 1. The summed E-state index contributed by atoms with van der Waals surface area (Å²) in [6.07, 6.45) is -5.02. The van der Waals surface area contributed by atoms with E-state index in [9.17, 15) is 35.1 Å². The summed E-state index contributed by atoms with van der Waals surface area (Å²) in [5, 5.41) is 25.4. The summed E-state index contributed by atoms with van der Waals surface area (Å²) in [6.45, 7) is 4.79. The summed E-state index contributed by atoms with van der Waals surface area (Å²) < 4.78 is 93.5. The van der Waals surface area contributed by atoms with Crippen LogP contribution in [0.3, 0.4) is 0 Å². The summed E-state index contributed by atoms with van der Waals surface area (Å²) in [5.74, 6) is -6.40. The highest BCUT2D eigenvalue weighted by Crippen LogP contribution is 2.30. The third-order valence-corrected chi connectivity index (χ3v) is 5.84. The van der Waals surface area contributed by atoms with Gasteiger partial charge in [-0.25, -0.2) is 23.4 Å². The molecule has 1 aromatic carbocycles. The lowest BCUT2D eigenvalue weighted by Crippen LogP contribution is -2.49. The van der Waals surface area contributed by atoms with Gasteiger partial charge in [0.15, 0.2) is 0 Å². The number of aromatic nitrogens is 4. The second kappa shape index (κ2) is 14.1. The molecule has 0 saturated carbocycles. The van der Waals surface area contributed by atoms with Crippen LogP contribution in [0.25, 0.3) is 16.8 Å². The molecule has 4 N–H and O–H groups in total. The molecule has 0 aliphatic carbocycles. The first-order valence-electron chi connectivity index (χ1n) is 12.6. The molecule has 4 heterocycles. The number of pyridine rings is 1. The van der Waals surface area contributed by atoms with Gasteiger partial charge >= 0.3 is 24.3 Å². The van der Waals surface area contributed by atoms with Crippen molar-refractivity contribution >= 4 is 34.8 Å². The maximum Gasteiger partial charge on any atom is 0.490 e. The molecular weight excluding hydrogens is 626 g/mol. The van der Waals surface area contributed by atoms with E-state index in [2.05, 4.69) is 37.5 Å². The normalized spacial score (nSPS) is 15.0. The molecule has 1 aliphatic heterocycles. The number of fused-ring (bicyclic) bond motifs is 1. The molecule has 0 radical (unpaired) electrons. The Labute approximate surface area is 248 Å². The first kappa shape index (κ1) is 34.4. The van der Waals surface area contributed by atoms with E-state index in [0.29, 0.717) is 17.5 Å². The van der Waals surface area contributed by atoms with Crippen LogP contribution in [-0.2, 0) is 9.59 Å². The monoisotopic (exact) mass is 649 g/mol. The van der Waals surface area contributed by atoms with Gasteiger partial charge in [-0.2, -0.15) is 36.0 Å². The number of aliphatic carboxylic acids is 2. The fourth-order valence-corrected chi connectivity index (χ4v) is 3.87. The van der Waals surface area contributed by atoms with Crippen LogP contribution in [-0.4, -0.2) is 79.8 Å². The van der Waals surface area contributed by atoms with Gasteiger partial charge in [0.2, 0.25) is 5.95 Å². The Bertz CT molecular complexity index is 1600. The first-order chi connectivity index (χ1) is 21.0. The first-order valence-corrected chi connectivity index (χ1v) is 12.6. The van der Waals surface area contributed by atoms with Gasteiger partial charge < -0.3 is 25.7 Å². The van der Waals surface area contributed by atoms with Gasteiger partial charge in [0.05, 0.1) is 40.5 Å². The lowest BCUT2D eigenvalue weighted by Gasteiger charge is -2.34. The fourth-order valence-electron chi connectivity index (χ4n) is 3.87. The highest BCUT2D eigenvalue weighted by Gasteiger charge is 2.38. The van der Waals surface area contributed by atoms with E-state index in [4.69, 9.17) is 19.8 Å². The van der Waals surface area contributed by atoms with Crippen LogP contribution in [0.2, 0.25) is 0 Å². The van der Waals surface area contributed by atoms with Crippen LogP contribution >= 0.6 is 0 Å². The molecule has 3 aromatic heterocycles. The Morgan fingerprint density at radius 2 is 1.56 bits per heavy atom. The highest BCUT2D eigenvalue weighted by atomic mass is 19.4. The average Bonchev–Trinajstić information content (AvgIpc) is 3.35. The zero-order valence-electron chi connectivity index (χ0n) is 22.9. The van der Waals surface area contributed by atoms with Crippen molar-refractivity contribution in [2.24, 2.45) is 0 Å². The van der Waals surface area contributed by atoms with Gasteiger partial charge in [-0.05, 0) is 37.3 Å². The molecule has 19 heteroatoms. The molecular formula is C26H23F8N7O4. The number of carbonyl (C=O) groups is 2. The molecule has 1 fully saturated rings. The van der Waals surface area contributed by atoms with Gasteiger partial charge in [-0.3, -0.25) is 4.98 Å². The molecule has 1 aliphatic rings. The van der Waals surface area contributed by atoms with Crippen LogP contribution in [0.4, 0.5) is 52.4 Å². The van der Waals surface area contributed by atoms with E-state index in [1.165, 1.54) is 18.2 Å². The van der Waals surface area contributed by atoms with Crippen LogP contribution < -0.4 is 15.5 Å². The van der Waals surface area contributed by atoms with Gasteiger partial charge in [0.1, 0.15) is 11.6 Å². The summed E-state index contributed by atoms with van der Waals surface area (Å²) in [7, 11) is 0. The van der Waals surface area contributed by atoms with E-state index in [0.717, 1.165) is 31.0 Å². The maximum absolute atomic E-state index is 14.3. The number of halogens is 8. The Morgan fingerprint density at radius 3 is 2.11 bits per heavy atom. The number of hydrogen-bond donors (Lipinski definition) is 4. The van der Waals surface area contributed by atoms with Gasteiger partial charge in [0.25, 0.3) is 0 Å². The molecule has 0 unspecified atom stereocenters. The Morgan fingerprint density at radius 1 is 0.956 bits per heavy atom. The van der Waals surface area contributed by atoms with Crippen molar-refractivity contribution < 1.29 is 54.9 Å². The number of benzene rings is 1. The summed E-state index contributed by atoms with van der Waals surface area (Å²) in [6, 6.07) is 9.42. The van der Waals surface area contributed by atoms with Crippen LogP contribution in [0.1, 0.15) is 6.92 Å². The van der Waals surface area contributed by atoms with Gasteiger partial charge in [-0.1, -0.05) is 6.07 Å². The van der Waals surface area contributed by atoms with Crippen LogP contribution in [0.15, 0.2) is 55.0 Å². The van der Waals surface area contributed by atoms with E-state index >= 15 is 0 Å². The van der Waals surface area contributed by atoms with E-state index in [1.807, 2.05) is 6.07 Å². The third-order valence-electron chi connectivity index (χ3n) is 5.84. The second-order valence-electron chi connectivity index (χ2n) is 9.16. The second-order valence-corrected chi connectivity index (χ2v) is 9.16. The molecule has 4 aromatic rings. The number of carboxylic acids is 2. The standard InChI is InChI=1S/C22H21F2N7.2C2HF3O2/c1-14-13-30(10-9-26-14)20-7-8-25-12-19(20)28-22-27-11-15-5-6-18(29-31(15)22)21-16(23)3-2-4-17(21)24;2*3-2(4,5)1(6)7/h2-8,11-12,14,26H,9-10,13H2,1H3,(H,27,28);2*(H,6,7)/t14-;;/m0../s1. The van der Waals surface area contributed by atoms with E-state index in [-0.39, 0.29) is 11.3 Å². The quantitative estimate of drug-likeness (QED) is 0.226. The average molecular weight is 649 g/mol. The number of nitrogens with zero attached hydrogens (tertiary/aromatic N) is 5. The molecule has 1 saturated heterocycles. The van der Waals surface area contributed by atoms with E-state index < -0.39 is 35.9 Å². The molecule has 11 nitrogen and oxygen atoms in total. The molecule has 0 amide bonds. The van der Waals surface area contributed by atoms with Crippen molar-refractivity contribution in [1.82, 2.24) is 24.9 Å². The molecule has 0 bridgehead atoms. The summed E-state index contributed by atoms with van der Waals surface area (Å²) in [4.78, 5) is 28.7. The minimum Gasteiger partial charge on any atom is -0.475 e. The number of hydrogen-bond acceptors (Lipinski definition) is 8. The Hall–Kier alpha value is -5.07. The lowest BCUT2D eigenvalue weighted by atomic mass is 10.1. The van der Waals surface area contributed by atoms with Crippen LogP contribution in [0, 0.1) is 11.6 Å². The number of nitrogens with one attached hydrogen (secondary N) is 2. The number of anilines is 3. The van der Waals surface area contributed by atoms with Crippen molar-refractivity contribution in [3.05, 3.63) is 66.6 Å². The predicted octanol–water partition coefficient (Wildman–Crippen LogP) is 4.88. The summed E-state index contributed by atoms with van der Waals surface area (Å²) in [5.41, 5.74) is 2.52. The van der Waals surface area contributed by atoms with Crippen molar-refractivity contribution in [2.45, 2.75) is 25.3 Å². The Kier molecular flexibility index (Phi) is 10.8. The minimum absolute atomic E-state index is 0.166. The fraction of sp³-hybridized carbons (Fsp3) is 0.269. The number of rotatable bonds is 4. The van der Waals surface area contributed by atoms with Gasteiger partial charge in [0, 0.05) is 31.9 Å². The molecule has 1 atom stereocenters.